The molecule has 0 bridgehead atoms. The highest BCUT2D eigenvalue weighted by molar-refractivity contribution is 6.00. The van der Waals surface area contributed by atoms with Gasteiger partial charge in [-0.15, -0.1) is 0 Å². The number of piperidine rings is 1. The van der Waals surface area contributed by atoms with Crippen LogP contribution < -0.4 is 5.73 Å². The predicted molar refractivity (Wildman–Crippen MR) is 58.1 cm³/mol. The smallest absolute Gasteiger partial charge is 0.246 e. The molecule has 0 aromatic heterocycles. The number of nitrogens with two attached hydrogens (primary N) is 1. The van der Waals surface area contributed by atoms with Crippen molar-refractivity contribution in [2.45, 2.75) is 51.5 Å². The Morgan fingerprint density at radius 2 is 2.07 bits per heavy atom. The molecule has 4 nitrogen and oxygen atoms in total. The lowest BCUT2D eigenvalue weighted by Gasteiger charge is -2.28. The standard InChI is InChI=1S/C11H20N2O2/c1-2-3-4-5-8-13-10(14)7-6-9(12)11(13)15/h9H,2-8,12H2,1H3. The highest BCUT2D eigenvalue weighted by atomic mass is 16.2. The molecule has 0 aromatic rings. The van der Waals surface area contributed by atoms with Gasteiger partial charge in [0.2, 0.25) is 11.8 Å². The van der Waals surface area contributed by atoms with Crippen molar-refractivity contribution < 1.29 is 9.59 Å². The molecule has 1 fully saturated rings. The zero-order valence-corrected chi connectivity index (χ0v) is 9.37. The Morgan fingerprint density at radius 1 is 1.33 bits per heavy atom. The molecular weight excluding hydrogens is 192 g/mol. The molecule has 0 spiro atoms. The highest BCUT2D eigenvalue weighted by Gasteiger charge is 2.31. The molecular formula is C11H20N2O2. The Hall–Kier alpha value is -0.900. The van der Waals surface area contributed by atoms with Crippen LogP contribution in [0.25, 0.3) is 0 Å². The average molecular weight is 212 g/mol. The summed E-state index contributed by atoms with van der Waals surface area (Å²) < 4.78 is 0. The van der Waals surface area contributed by atoms with Crippen LogP contribution in [0.5, 0.6) is 0 Å². The van der Waals surface area contributed by atoms with Gasteiger partial charge in [-0.2, -0.15) is 0 Å². The molecule has 86 valence electrons. The summed E-state index contributed by atoms with van der Waals surface area (Å²) in [5.74, 6) is -0.249. The van der Waals surface area contributed by atoms with Crippen LogP contribution in [0.4, 0.5) is 0 Å². The molecule has 1 saturated heterocycles. The molecule has 1 aliphatic heterocycles. The van der Waals surface area contributed by atoms with Crippen molar-refractivity contribution >= 4 is 11.8 Å². The summed E-state index contributed by atoms with van der Waals surface area (Å²) >= 11 is 0. The maximum absolute atomic E-state index is 11.6. The van der Waals surface area contributed by atoms with Crippen molar-refractivity contribution in [2.24, 2.45) is 5.73 Å². The lowest BCUT2D eigenvalue weighted by Crippen LogP contribution is -2.51. The summed E-state index contributed by atoms with van der Waals surface area (Å²) in [4.78, 5) is 24.4. The van der Waals surface area contributed by atoms with Gasteiger partial charge in [0.25, 0.3) is 0 Å². The molecule has 0 saturated carbocycles. The number of unbranched alkanes of at least 4 members (excludes halogenated alkanes) is 3. The van der Waals surface area contributed by atoms with Crippen LogP contribution in [-0.2, 0) is 9.59 Å². The van der Waals surface area contributed by atoms with Crippen molar-refractivity contribution in [3.8, 4) is 0 Å². The van der Waals surface area contributed by atoms with Crippen LogP contribution in [0.1, 0.15) is 45.4 Å². The van der Waals surface area contributed by atoms with Gasteiger partial charge >= 0.3 is 0 Å². The Bertz CT molecular complexity index is 241. The molecule has 0 radical (unpaired) electrons. The van der Waals surface area contributed by atoms with Gasteiger partial charge in [-0.25, -0.2) is 0 Å². The van der Waals surface area contributed by atoms with E-state index in [0.717, 1.165) is 25.7 Å². The third-order valence-electron chi connectivity index (χ3n) is 2.79. The summed E-state index contributed by atoms with van der Waals surface area (Å²) in [6.45, 7) is 2.68. The number of nitrogens with zero attached hydrogens (tertiary/aromatic N) is 1. The van der Waals surface area contributed by atoms with Crippen molar-refractivity contribution in [1.82, 2.24) is 4.90 Å². The van der Waals surface area contributed by atoms with Crippen LogP contribution in [-0.4, -0.2) is 29.3 Å². The number of imide groups is 1. The van der Waals surface area contributed by atoms with E-state index in [9.17, 15) is 9.59 Å². The minimum Gasteiger partial charge on any atom is -0.320 e. The molecule has 15 heavy (non-hydrogen) atoms. The van der Waals surface area contributed by atoms with Crippen LogP contribution in [0.15, 0.2) is 0 Å². The first kappa shape index (κ1) is 12.2. The fourth-order valence-corrected chi connectivity index (χ4v) is 1.79. The van der Waals surface area contributed by atoms with Gasteiger partial charge < -0.3 is 5.73 Å². The van der Waals surface area contributed by atoms with E-state index in [-0.39, 0.29) is 11.8 Å². The average Bonchev–Trinajstić information content (AvgIpc) is 2.23. The lowest BCUT2D eigenvalue weighted by atomic mass is 10.0. The Balaban J connectivity index is 2.36. The normalized spacial score (nSPS) is 22.3. The molecule has 2 N–H and O–H groups in total. The maximum Gasteiger partial charge on any atom is 0.246 e. The Morgan fingerprint density at radius 3 is 2.73 bits per heavy atom. The van der Waals surface area contributed by atoms with Gasteiger partial charge in [0.05, 0.1) is 6.04 Å². The highest BCUT2D eigenvalue weighted by Crippen LogP contribution is 2.13. The molecule has 1 unspecified atom stereocenters. The van der Waals surface area contributed by atoms with Crippen molar-refractivity contribution in [3.63, 3.8) is 0 Å². The molecule has 0 aromatic carbocycles. The number of hydrogen-bond donors (Lipinski definition) is 1. The van der Waals surface area contributed by atoms with E-state index >= 15 is 0 Å². The van der Waals surface area contributed by atoms with E-state index in [1.807, 2.05) is 0 Å². The molecule has 1 heterocycles. The second-order valence-corrected chi connectivity index (χ2v) is 4.09. The zero-order valence-electron chi connectivity index (χ0n) is 9.37. The minimum absolute atomic E-state index is 0.0572. The molecule has 2 amide bonds. The van der Waals surface area contributed by atoms with E-state index in [2.05, 4.69) is 6.92 Å². The Kier molecular flexibility index (Phi) is 4.75. The van der Waals surface area contributed by atoms with Crippen molar-refractivity contribution in [3.05, 3.63) is 0 Å². The third kappa shape index (κ3) is 3.30. The van der Waals surface area contributed by atoms with Crippen molar-refractivity contribution in [2.75, 3.05) is 6.54 Å². The fraction of sp³-hybridized carbons (Fsp3) is 0.818. The third-order valence-corrected chi connectivity index (χ3v) is 2.79. The van der Waals surface area contributed by atoms with E-state index in [4.69, 9.17) is 5.73 Å². The summed E-state index contributed by atoms with van der Waals surface area (Å²) in [6, 6.07) is -0.464. The molecule has 1 rings (SSSR count). The largest absolute Gasteiger partial charge is 0.320 e. The summed E-state index contributed by atoms with van der Waals surface area (Å²) in [6.07, 6.45) is 5.20. The summed E-state index contributed by atoms with van der Waals surface area (Å²) in [5.41, 5.74) is 5.62. The number of rotatable bonds is 5. The van der Waals surface area contributed by atoms with E-state index < -0.39 is 6.04 Å². The number of likely N-dealkylation sites (tertiary alicyclic amines) is 1. The first-order valence-electron chi connectivity index (χ1n) is 5.76. The van der Waals surface area contributed by atoms with E-state index in [1.165, 1.54) is 4.90 Å². The molecule has 1 atom stereocenters. The SMILES string of the molecule is CCCCCCN1C(=O)CCC(N)C1=O. The van der Waals surface area contributed by atoms with Gasteiger partial charge in [0.1, 0.15) is 0 Å². The quantitative estimate of drug-likeness (QED) is 0.547. The Labute approximate surface area is 90.8 Å². The topological polar surface area (TPSA) is 63.4 Å². The number of carbonyl (C=O) groups is 2. The van der Waals surface area contributed by atoms with Crippen LogP contribution in [0.2, 0.25) is 0 Å². The molecule has 0 aliphatic carbocycles. The second-order valence-electron chi connectivity index (χ2n) is 4.09. The predicted octanol–water partition coefficient (Wildman–Crippen LogP) is 1.04. The first-order valence-corrected chi connectivity index (χ1v) is 5.76. The number of carbonyl (C=O) groups excluding carboxylic acids is 2. The van der Waals surface area contributed by atoms with E-state index in [1.54, 1.807) is 0 Å². The first-order chi connectivity index (χ1) is 7.16. The number of hydrogen-bond acceptors (Lipinski definition) is 3. The van der Waals surface area contributed by atoms with Crippen molar-refractivity contribution in [1.29, 1.82) is 0 Å². The summed E-state index contributed by atoms with van der Waals surface area (Å²) in [7, 11) is 0. The van der Waals surface area contributed by atoms with Gasteiger partial charge in [-0.1, -0.05) is 26.2 Å². The van der Waals surface area contributed by atoms with Gasteiger partial charge in [-0.3, -0.25) is 14.5 Å². The zero-order chi connectivity index (χ0) is 11.3. The number of amides is 2. The van der Waals surface area contributed by atoms with Crippen LogP contribution in [0, 0.1) is 0 Å². The monoisotopic (exact) mass is 212 g/mol. The van der Waals surface area contributed by atoms with Crippen LogP contribution in [0.3, 0.4) is 0 Å². The van der Waals surface area contributed by atoms with Gasteiger partial charge in [-0.05, 0) is 12.8 Å². The maximum atomic E-state index is 11.6. The second kappa shape index (κ2) is 5.85. The molecule has 4 heteroatoms. The van der Waals surface area contributed by atoms with Crippen LogP contribution >= 0.6 is 0 Å². The fourth-order valence-electron chi connectivity index (χ4n) is 1.79. The van der Waals surface area contributed by atoms with Gasteiger partial charge in [0, 0.05) is 13.0 Å². The minimum atomic E-state index is -0.464. The van der Waals surface area contributed by atoms with Gasteiger partial charge in [0.15, 0.2) is 0 Å². The van der Waals surface area contributed by atoms with E-state index in [0.29, 0.717) is 19.4 Å². The summed E-state index contributed by atoms with van der Waals surface area (Å²) in [5, 5.41) is 0. The lowest BCUT2D eigenvalue weighted by molar-refractivity contribution is -0.149. The molecule has 1 aliphatic rings.